The van der Waals surface area contributed by atoms with E-state index in [0.717, 1.165) is 0 Å². The fourth-order valence-electron chi connectivity index (χ4n) is 1.26. The fourth-order valence-corrected chi connectivity index (χ4v) is 1.26. The van der Waals surface area contributed by atoms with E-state index < -0.39 is 5.92 Å². The maximum atomic E-state index is 11.4. The van der Waals surface area contributed by atoms with Crippen LogP contribution in [0.2, 0.25) is 0 Å². The van der Waals surface area contributed by atoms with Crippen molar-refractivity contribution in [2.24, 2.45) is 16.8 Å². The van der Waals surface area contributed by atoms with Crippen LogP contribution in [0.15, 0.2) is 4.99 Å². The second-order valence-corrected chi connectivity index (χ2v) is 3.27. The van der Waals surface area contributed by atoms with E-state index in [-0.39, 0.29) is 23.7 Å². The Labute approximate surface area is 76.6 Å². The zero-order valence-electron chi connectivity index (χ0n) is 7.92. The first-order chi connectivity index (χ1) is 6.06. The molecule has 0 radical (unpaired) electrons. The molecule has 0 aromatic rings. The van der Waals surface area contributed by atoms with Crippen molar-refractivity contribution in [1.82, 2.24) is 10.6 Å². The van der Waals surface area contributed by atoms with Crippen LogP contribution >= 0.6 is 0 Å². The molecular formula is C8H13N3O2. The summed E-state index contributed by atoms with van der Waals surface area (Å²) in [6.45, 7) is 3.66. The molecule has 0 aliphatic carbocycles. The van der Waals surface area contributed by atoms with Crippen molar-refractivity contribution in [2.75, 3.05) is 7.05 Å². The van der Waals surface area contributed by atoms with Gasteiger partial charge in [-0.05, 0) is 5.92 Å². The molecule has 0 saturated carbocycles. The van der Waals surface area contributed by atoms with Crippen molar-refractivity contribution in [3.8, 4) is 0 Å². The lowest BCUT2D eigenvalue weighted by atomic mass is 9.93. The zero-order valence-corrected chi connectivity index (χ0v) is 7.92. The summed E-state index contributed by atoms with van der Waals surface area (Å²) in [6.07, 6.45) is 0. The second-order valence-electron chi connectivity index (χ2n) is 3.27. The van der Waals surface area contributed by atoms with Crippen molar-refractivity contribution >= 4 is 17.8 Å². The lowest BCUT2D eigenvalue weighted by Crippen LogP contribution is -2.57. The van der Waals surface area contributed by atoms with Crippen molar-refractivity contribution in [2.45, 2.75) is 13.8 Å². The average Bonchev–Trinajstić information content (AvgIpc) is 2.02. The number of hydrogen-bond donors (Lipinski definition) is 2. The van der Waals surface area contributed by atoms with E-state index in [1.165, 1.54) is 7.05 Å². The quantitative estimate of drug-likeness (QED) is 0.537. The number of guanidine groups is 1. The lowest BCUT2D eigenvalue weighted by Gasteiger charge is -2.25. The molecule has 72 valence electrons. The van der Waals surface area contributed by atoms with Crippen molar-refractivity contribution in [1.29, 1.82) is 0 Å². The van der Waals surface area contributed by atoms with E-state index in [9.17, 15) is 9.59 Å². The number of carbonyl (C=O) groups is 2. The molecule has 1 aliphatic heterocycles. The maximum Gasteiger partial charge on any atom is 0.239 e. The van der Waals surface area contributed by atoms with E-state index in [2.05, 4.69) is 15.6 Å². The predicted molar refractivity (Wildman–Crippen MR) is 48.0 cm³/mol. The first kappa shape index (κ1) is 9.70. The van der Waals surface area contributed by atoms with Crippen molar-refractivity contribution < 1.29 is 9.59 Å². The van der Waals surface area contributed by atoms with Gasteiger partial charge in [0, 0.05) is 7.05 Å². The Balaban J connectivity index is 2.82. The van der Waals surface area contributed by atoms with E-state index in [4.69, 9.17) is 0 Å². The minimum atomic E-state index is -0.606. The summed E-state index contributed by atoms with van der Waals surface area (Å²) in [5.41, 5.74) is 0. The smallest absolute Gasteiger partial charge is 0.239 e. The van der Waals surface area contributed by atoms with Crippen LogP contribution in [0.1, 0.15) is 13.8 Å². The molecule has 13 heavy (non-hydrogen) atoms. The minimum absolute atomic E-state index is 0.00148. The standard InChI is InChI=1S/C8H13N3O2/c1-4(2)5-6(12)10-8(9-3)11-7(5)13/h4-5H,1-3H3,(H2,9,10,11,12,13). The third-order valence-electron chi connectivity index (χ3n) is 1.94. The predicted octanol–water partition coefficient (Wildman–Crippen LogP) is -0.510. The topological polar surface area (TPSA) is 70.6 Å². The molecule has 2 N–H and O–H groups in total. The Morgan fingerprint density at radius 3 is 2.00 bits per heavy atom. The summed E-state index contributed by atoms with van der Waals surface area (Å²) in [4.78, 5) is 26.4. The number of hydrogen-bond acceptors (Lipinski definition) is 3. The lowest BCUT2D eigenvalue weighted by molar-refractivity contribution is -0.137. The highest BCUT2D eigenvalue weighted by atomic mass is 16.2. The molecule has 1 fully saturated rings. The number of rotatable bonds is 1. The third kappa shape index (κ3) is 1.85. The van der Waals surface area contributed by atoms with Gasteiger partial charge in [0.25, 0.3) is 0 Å². The van der Waals surface area contributed by atoms with E-state index >= 15 is 0 Å². The van der Waals surface area contributed by atoms with Gasteiger partial charge in [-0.25, -0.2) is 0 Å². The van der Waals surface area contributed by atoms with Gasteiger partial charge in [-0.1, -0.05) is 13.8 Å². The summed E-state index contributed by atoms with van der Waals surface area (Å²) in [6, 6.07) is 0. The highest BCUT2D eigenvalue weighted by Gasteiger charge is 2.35. The van der Waals surface area contributed by atoms with Crippen LogP contribution in [0.25, 0.3) is 0 Å². The molecular weight excluding hydrogens is 170 g/mol. The molecule has 0 spiro atoms. The van der Waals surface area contributed by atoms with Gasteiger partial charge in [0.1, 0.15) is 5.92 Å². The van der Waals surface area contributed by atoms with E-state index in [1.54, 1.807) is 0 Å². The summed E-state index contributed by atoms with van der Waals surface area (Å²) >= 11 is 0. The Bertz CT molecular complexity index is 251. The van der Waals surface area contributed by atoms with Crippen LogP contribution < -0.4 is 10.6 Å². The summed E-state index contributed by atoms with van der Waals surface area (Å²) in [5.74, 6) is -0.936. The molecule has 0 unspecified atom stereocenters. The molecule has 0 bridgehead atoms. The Hall–Kier alpha value is -1.39. The van der Waals surface area contributed by atoms with Crippen LogP contribution in [0.5, 0.6) is 0 Å². The van der Waals surface area contributed by atoms with Crippen molar-refractivity contribution in [3.63, 3.8) is 0 Å². The summed E-state index contributed by atoms with van der Waals surface area (Å²) in [5, 5.41) is 5.01. The first-order valence-corrected chi connectivity index (χ1v) is 4.14. The van der Waals surface area contributed by atoms with Crippen LogP contribution in [-0.4, -0.2) is 24.8 Å². The van der Waals surface area contributed by atoms with Gasteiger partial charge in [-0.3, -0.25) is 25.2 Å². The van der Waals surface area contributed by atoms with Crippen molar-refractivity contribution in [3.05, 3.63) is 0 Å². The van der Waals surface area contributed by atoms with Gasteiger partial charge >= 0.3 is 0 Å². The van der Waals surface area contributed by atoms with Crippen LogP contribution in [0.4, 0.5) is 0 Å². The molecule has 1 heterocycles. The van der Waals surface area contributed by atoms with Gasteiger partial charge in [-0.15, -0.1) is 0 Å². The van der Waals surface area contributed by atoms with Gasteiger partial charge < -0.3 is 0 Å². The molecule has 0 aromatic heterocycles. The SMILES string of the molecule is CN=C1NC(=O)C(C(C)C)C(=O)N1. The number of aliphatic imine (C=N–C) groups is 1. The second kappa shape index (κ2) is 3.55. The van der Waals surface area contributed by atoms with Gasteiger partial charge in [0.15, 0.2) is 0 Å². The number of amides is 2. The van der Waals surface area contributed by atoms with Gasteiger partial charge in [0.2, 0.25) is 17.8 Å². The number of nitrogens with zero attached hydrogens (tertiary/aromatic N) is 1. The maximum absolute atomic E-state index is 11.4. The average molecular weight is 183 g/mol. The normalized spacial score (nSPS) is 22.8. The van der Waals surface area contributed by atoms with E-state index in [0.29, 0.717) is 0 Å². The minimum Gasteiger partial charge on any atom is -0.296 e. The molecule has 1 aliphatic rings. The molecule has 2 amide bonds. The number of nitrogens with one attached hydrogen (secondary N) is 2. The third-order valence-corrected chi connectivity index (χ3v) is 1.94. The van der Waals surface area contributed by atoms with Gasteiger partial charge in [-0.2, -0.15) is 0 Å². The summed E-state index contributed by atoms with van der Waals surface area (Å²) in [7, 11) is 1.51. The van der Waals surface area contributed by atoms with Crippen LogP contribution in [-0.2, 0) is 9.59 Å². The monoisotopic (exact) mass is 183 g/mol. The Morgan fingerprint density at radius 1 is 1.23 bits per heavy atom. The molecule has 5 nitrogen and oxygen atoms in total. The highest BCUT2D eigenvalue weighted by molar-refractivity contribution is 6.17. The molecule has 0 aromatic carbocycles. The van der Waals surface area contributed by atoms with Crippen LogP contribution in [0, 0.1) is 11.8 Å². The largest absolute Gasteiger partial charge is 0.296 e. The summed E-state index contributed by atoms with van der Waals surface area (Å²) < 4.78 is 0. The van der Waals surface area contributed by atoms with Gasteiger partial charge in [0.05, 0.1) is 0 Å². The molecule has 0 atom stereocenters. The van der Waals surface area contributed by atoms with E-state index in [1.807, 2.05) is 13.8 Å². The molecule has 1 saturated heterocycles. The zero-order chi connectivity index (χ0) is 10.0. The fraction of sp³-hybridized carbons (Fsp3) is 0.625. The first-order valence-electron chi connectivity index (χ1n) is 4.14. The highest BCUT2D eigenvalue weighted by Crippen LogP contribution is 2.13. The number of carbonyl (C=O) groups excluding carboxylic acids is 2. The Morgan fingerprint density at radius 2 is 1.69 bits per heavy atom. The Kier molecular flexibility index (Phi) is 2.65. The molecule has 1 rings (SSSR count). The molecule has 5 heteroatoms. The van der Waals surface area contributed by atoms with Crippen LogP contribution in [0.3, 0.4) is 0 Å².